The average molecular weight is 799 g/mol. The minimum absolute atomic E-state index is 0.0231. The fourth-order valence-electron chi connectivity index (χ4n) is 9.91. The lowest BCUT2D eigenvalue weighted by Gasteiger charge is -2.37. The van der Waals surface area contributed by atoms with E-state index >= 15 is 0 Å². The zero-order valence-corrected chi connectivity index (χ0v) is 33.9. The first-order valence-electron chi connectivity index (χ1n) is 20.5. The van der Waals surface area contributed by atoms with Crippen LogP contribution in [-0.2, 0) is 0 Å². The van der Waals surface area contributed by atoms with Crippen LogP contribution in [0.1, 0.15) is 0 Å². The minimum atomic E-state index is 0.0231. The minimum Gasteiger partial charge on any atom is -0.458 e. The predicted octanol–water partition coefficient (Wildman–Crippen LogP) is 10.5. The first-order chi connectivity index (χ1) is 29.7. The zero-order valence-electron chi connectivity index (χ0n) is 32.3. The zero-order chi connectivity index (χ0) is 39.3. The van der Waals surface area contributed by atoms with Crippen molar-refractivity contribution in [1.29, 1.82) is 0 Å². The molecular weight excluding hydrogens is 766 g/mol. The van der Waals surface area contributed by atoms with Crippen LogP contribution in [0, 0.1) is 0 Å². The Morgan fingerprint density at radius 2 is 0.833 bits per heavy atom. The van der Waals surface area contributed by atoms with Crippen molar-refractivity contribution in [3.05, 3.63) is 194 Å². The second-order valence-electron chi connectivity index (χ2n) is 15.9. The fourth-order valence-corrected chi connectivity index (χ4v) is 12.3. The molecule has 0 N–H and O–H groups in total. The SMILES string of the molecule is c1ccc(-c2cc3c4c(c2)Sc2cc5c(cc2B4c2ccccc2O3)B2c3ccccc3Sc3cc(-c4c(-c6ccccc6)cccc4-c4ccccc4)cc(c32)O5)cc1. The van der Waals surface area contributed by atoms with Crippen LogP contribution in [0.5, 0.6) is 23.0 Å². The van der Waals surface area contributed by atoms with Crippen molar-refractivity contribution in [2.75, 3.05) is 0 Å². The number of rotatable bonds is 4. The van der Waals surface area contributed by atoms with Crippen LogP contribution < -0.4 is 42.3 Å². The van der Waals surface area contributed by atoms with Crippen LogP contribution in [0.25, 0.3) is 44.5 Å². The summed E-state index contributed by atoms with van der Waals surface area (Å²) < 4.78 is 14.0. The highest BCUT2D eigenvalue weighted by Gasteiger charge is 2.44. The van der Waals surface area contributed by atoms with E-state index in [9.17, 15) is 0 Å². The number of hydrogen-bond donors (Lipinski definition) is 0. The normalized spacial score (nSPS) is 13.4. The van der Waals surface area contributed by atoms with Gasteiger partial charge in [0.15, 0.2) is 0 Å². The Labute approximate surface area is 358 Å². The molecule has 0 aliphatic carbocycles. The van der Waals surface area contributed by atoms with E-state index in [1.54, 1.807) is 0 Å². The van der Waals surface area contributed by atoms with Crippen molar-refractivity contribution in [1.82, 2.24) is 0 Å². The van der Waals surface area contributed by atoms with E-state index < -0.39 is 0 Å². The molecule has 0 amide bonds. The molecule has 0 unspecified atom stereocenters. The van der Waals surface area contributed by atoms with Gasteiger partial charge in [-0.15, -0.1) is 0 Å². The molecule has 9 aromatic carbocycles. The molecule has 60 heavy (non-hydrogen) atoms. The molecular formula is C54H32B2O2S2. The van der Waals surface area contributed by atoms with E-state index in [2.05, 4.69) is 194 Å². The van der Waals surface area contributed by atoms with Gasteiger partial charge in [-0.1, -0.05) is 186 Å². The molecule has 0 spiro atoms. The van der Waals surface area contributed by atoms with E-state index in [0.717, 1.165) is 34.1 Å². The fraction of sp³-hybridized carbons (Fsp3) is 0. The van der Waals surface area contributed by atoms with Crippen molar-refractivity contribution in [3.63, 3.8) is 0 Å². The summed E-state index contributed by atoms with van der Waals surface area (Å²) in [6.45, 7) is 0.0589. The maximum absolute atomic E-state index is 7.26. The summed E-state index contributed by atoms with van der Waals surface area (Å²) in [7, 11) is 0. The van der Waals surface area contributed by atoms with Gasteiger partial charge in [0.25, 0.3) is 13.4 Å². The molecule has 6 heteroatoms. The first-order valence-corrected chi connectivity index (χ1v) is 22.1. The summed E-state index contributed by atoms with van der Waals surface area (Å²) >= 11 is 3.70. The van der Waals surface area contributed by atoms with Gasteiger partial charge in [-0.05, 0) is 109 Å². The van der Waals surface area contributed by atoms with Crippen LogP contribution in [-0.4, -0.2) is 13.4 Å². The summed E-state index contributed by atoms with van der Waals surface area (Å²) in [5.41, 5.74) is 17.0. The van der Waals surface area contributed by atoms with Crippen LogP contribution in [0.15, 0.2) is 214 Å². The van der Waals surface area contributed by atoms with E-state index in [1.165, 1.54) is 85.7 Å². The maximum Gasteiger partial charge on any atom is 0.253 e. The van der Waals surface area contributed by atoms with Gasteiger partial charge < -0.3 is 9.47 Å². The van der Waals surface area contributed by atoms with Gasteiger partial charge in [-0.25, -0.2) is 0 Å². The highest BCUT2D eigenvalue weighted by molar-refractivity contribution is 8.00. The van der Waals surface area contributed by atoms with Crippen molar-refractivity contribution in [2.24, 2.45) is 0 Å². The second-order valence-corrected chi connectivity index (χ2v) is 18.0. The lowest BCUT2D eigenvalue weighted by molar-refractivity contribution is 0.485. The molecule has 0 saturated heterocycles. The third kappa shape index (κ3) is 5.27. The third-order valence-corrected chi connectivity index (χ3v) is 14.8. The molecule has 0 aromatic heterocycles. The van der Waals surface area contributed by atoms with Crippen LogP contribution in [0.2, 0.25) is 0 Å². The van der Waals surface area contributed by atoms with Crippen LogP contribution in [0.4, 0.5) is 0 Å². The average Bonchev–Trinajstić information content (AvgIpc) is 3.31. The molecule has 4 heterocycles. The summed E-state index contributed by atoms with van der Waals surface area (Å²) in [6, 6.07) is 70.5. The molecule has 2 nitrogen and oxygen atoms in total. The van der Waals surface area contributed by atoms with Crippen molar-refractivity contribution < 1.29 is 9.47 Å². The highest BCUT2D eigenvalue weighted by atomic mass is 32.2. The number of para-hydroxylation sites is 1. The van der Waals surface area contributed by atoms with Crippen LogP contribution in [0.3, 0.4) is 0 Å². The molecule has 0 fully saturated rings. The smallest absolute Gasteiger partial charge is 0.253 e. The molecule has 278 valence electrons. The highest BCUT2D eigenvalue weighted by Crippen LogP contribution is 2.47. The topological polar surface area (TPSA) is 18.5 Å². The second kappa shape index (κ2) is 13.5. The maximum atomic E-state index is 7.26. The van der Waals surface area contributed by atoms with Gasteiger partial charge in [-0.2, -0.15) is 0 Å². The lowest BCUT2D eigenvalue weighted by atomic mass is 9.32. The monoisotopic (exact) mass is 798 g/mol. The Balaban J connectivity index is 1.02. The standard InChI is InChI=1S/C54H32B2O2S2/c1-4-15-33(16-5-1)36-27-46-53-50(29-36)60-49-32-45-42(31-43(49)55(53)40-23-10-12-25-44(40)57-46)56-41-24-11-13-26-48(41)59-51-30-37(28-47(58-45)54(51)56)52-38(34-17-6-2-7-18-34)21-14-22-39(52)35-19-8-3-9-20-35/h1-32H. The van der Waals surface area contributed by atoms with Crippen molar-refractivity contribution in [3.8, 4) is 67.5 Å². The molecule has 13 rings (SSSR count). The summed E-state index contributed by atoms with van der Waals surface area (Å²) in [5, 5.41) is 0. The molecule has 9 aromatic rings. The van der Waals surface area contributed by atoms with E-state index in [1.807, 2.05) is 23.5 Å². The Bertz CT molecular complexity index is 3170. The van der Waals surface area contributed by atoms with E-state index in [-0.39, 0.29) is 13.4 Å². The van der Waals surface area contributed by atoms with E-state index in [4.69, 9.17) is 9.47 Å². The number of fused-ring (bicyclic) bond motifs is 8. The summed E-state index contributed by atoms with van der Waals surface area (Å²) in [5.74, 6) is 3.71. The van der Waals surface area contributed by atoms with E-state index in [0.29, 0.717) is 0 Å². The van der Waals surface area contributed by atoms with Gasteiger partial charge in [-0.3, -0.25) is 0 Å². The molecule has 0 saturated carbocycles. The van der Waals surface area contributed by atoms with Gasteiger partial charge in [0.2, 0.25) is 0 Å². The Morgan fingerprint density at radius 3 is 1.53 bits per heavy atom. The first kappa shape index (κ1) is 34.3. The van der Waals surface area contributed by atoms with Crippen LogP contribution >= 0.6 is 23.5 Å². The Morgan fingerprint density at radius 1 is 0.300 bits per heavy atom. The quantitative estimate of drug-likeness (QED) is 0.165. The van der Waals surface area contributed by atoms with Gasteiger partial charge in [0.1, 0.15) is 23.0 Å². The lowest BCUT2D eigenvalue weighted by Crippen LogP contribution is -2.62. The molecule has 4 aliphatic heterocycles. The molecule has 0 atom stereocenters. The van der Waals surface area contributed by atoms with Gasteiger partial charge in [0, 0.05) is 19.6 Å². The molecule has 0 radical (unpaired) electrons. The summed E-state index contributed by atoms with van der Waals surface area (Å²) in [6.07, 6.45) is 0. The number of benzene rings is 9. The Kier molecular flexibility index (Phi) is 7.70. The number of hydrogen-bond acceptors (Lipinski definition) is 4. The third-order valence-electron chi connectivity index (χ3n) is 12.5. The molecule has 4 aliphatic rings. The van der Waals surface area contributed by atoms with Gasteiger partial charge >= 0.3 is 0 Å². The molecule has 0 bridgehead atoms. The van der Waals surface area contributed by atoms with Gasteiger partial charge in [0.05, 0.1) is 0 Å². The Hall–Kier alpha value is -6.59. The predicted molar refractivity (Wildman–Crippen MR) is 252 cm³/mol. The summed E-state index contributed by atoms with van der Waals surface area (Å²) in [4.78, 5) is 4.97. The number of ether oxygens (including phenoxy) is 2. The van der Waals surface area contributed by atoms with Crippen molar-refractivity contribution >= 4 is 69.7 Å². The largest absolute Gasteiger partial charge is 0.458 e. The van der Waals surface area contributed by atoms with Crippen molar-refractivity contribution in [2.45, 2.75) is 19.6 Å².